The van der Waals surface area contributed by atoms with Crippen LogP contribution in [0.3, 0.4) is 0 Å². The molecule has 0 amide bonds. The van der Waals surface area contributed by atoms with E-state index in [1.165, 1.54) is 27.6 Å². The molecule has 9 aromatic heterocycles. The fourth-order valence-corrected chi connectivity index (χ4v) is 13.5. The second-order valence-corrected chi connectivity index (χ2v) is 26.1. The van der Waals surface area contributed by atoms with Crippen LogP contribution in [0.1, 0.15) is 113 Å². The van der Waals surface area contributed by atoms with Gasteiger partial charge in [0.05, 0.1) is 16.7 Å². The van der Waals surface area contributed by atoms with Crippen LogP contribution < -0.4 is 13.7 Å². The van der Waals surface area contributed by atoms with Crippen LogP contribution >= 0.6 is 0 Å². The van der Waals surface area contributed by atoms with E-state index in [1.54, 1.807) is 6.07 Å². The lowest BCUT2D eigenvalue weighted by Gasteiger charge is -2.12. The van der Waals surface area contributed by atoms with Crippen LogP contribution in [-0.2, 0) is 40.3 Å². The van der Waals surface area contributed by atoms with E-state index in [1.807, 2.05) is 141 Å². The minimum atomic E-state index is -2.30. The summed E-state index contributed by atoms with van der Waals surface area (Å²) in [7, 11) is 6.12. The van der Waals surface area contributed by atoms with Gasteiger partial charge in [-0.25, -0.2) is 15.0 Å². The van der Waals surface area contributed by atoms with Crippen molar-refractivity contribution in [3.05, 3.63) is 213 Å². The molecule has 0 radical (unpaired) electrons. The van der Waals surface area contributed by atoms with Gasteiger partial charge in [-0.15, -0.1) is 0 Å². The molecule has 0 aliphatic rings. The highest BCUT2D eigenvalue weighted by Crippen LogP contribution is 2.42. The average Bonchev–Trinajstić information content (AvgIpc) is 1.64. The van der Waals surface area contributed by atoms with Gasteiger partial charge in [0, 0.05) is 112 Å². The minimum Gasteiger partial charge on any atom is -0.437 e. The van der Waals surface area contributed by atoms with Crippen molar-refractivity contribution in [2.24, 2.45) is 38.9 Å². The number of aryl methyl sites for hydroxylation is 9. The highest BCUT2D eigenvalue weighted by molar-refractivity contribution is 6.11. The van der Waals surface area contributed by atoms with Gasteiger partial charge in [0.15, 0.2) is 16.7 Å². The standard InChI is InChI=1S/2C28H29N2O.C27H27N2O/c2*1-16(2)14-20-8-7-9-24-21(20)12-13-25(30(24)6)26-19(5)17(3)15-23-22-11-10-18(4)29-28(22)31-27(23)26;1-16(2)15-19-7-6-8-23-20(19)13-14-24(29(23)5)25-17(3)9-11-21-22-12-10-18(4)28-27(22)30-26(21)25/h2*7-13,15-16H,14H2,1-6H3;6-14,16H,15H2,1-5H3/q3*+1/i3D3,14D2;;15D2. The third kappa shape index (κ3) is 10.9. The van der Waals surface area contributed by atoms with Crippen molar-refractivity contribution < 1.29 is 36.5 Å². The lowest BCUT2D eigenvalue weighted by molar-refractivity contribution is -0.633. The van der Waals surface area contributed by atoms with Crippen LogP contribution in [0, 0.1) is 73.1 Å². The van der Waals surface area contributed by atoms with E-state index >= 15 is 0 Å². The molecule has 0 N–H and O–H groups in total. The summed E-state index contributed by atoms with van der Waals surface area (Å²) in [5, 5.41) is 8.86. The summed E-state index contributed by atoms with van der Waals surface area (Å²) in [5.41, 5.74) is 23.2. The molecule has 0 fully saturated rings. The smallest absolute Gasteiger partial charge is 0.227 e. The third-order valence-electron chi connectivity index (χ3n) is 18.2. The van der Waals surface area contributed by atoms with Crippen molar-refractivity contribution in [1.29, 1.82) is 0 Å². The molecule has 0 saturated heterocycles. The number of furan rings is 3. The summed E-state index contributed by atoms with van der Waals surface area (Å²) in [4.78, 5) is 13.8. The van der Waals surface area contributed by atoms with Crippen LogP contribution in [-0.4, -0.2) is 15.0 Å². The van der Waals surface area contributed by atoms with Crippen LogP contribution in [0.2, 0.25) is 0 Å². The molecule has 0 spiro atoms. The van der Waals surface area contributed by atoms with Gasteiger partial charge in [0.1, 0.15) is 21.1 Å². The Hall–Kier alpha value is -9.60. The van der Waals surface area contributed by atoms with E-state index in [9.17, 15) is 0 Å². The zero-order chi connectivity index (χ0) is 70.8. The molecule has 15 rings (SSSR count). The number of fused-ring (bicyclic) bond motifs is 12. The second-order valence-electron chi connectivity index (χ2n) is 26.1. The number of benzene rings is 6. The lowest BCUT2D eigenvalue weighted by Crippen LogP contribution is -2.32. The number of hydrogen-bond donors (Lipinski definition) is 0. The van der Waals surface area contributed by atoms with E-state index in [-0.39, 0.29) is 17.4 Å². The molecule has 6 aromatic carbocycles. The van der Waals surface area contributed by atoms with Crippen LogP contribution in [0.25, 0.3) is 133 Å². The summed E-state index contributed by atoms with van der Waals surface area (Å²) >= 11 is 0. The van der Waals surface area contributed by atoms with Crippen molar-refractivity contribution in [3.8, 4) is 33.8 Å². The molecular formula is C83H85N6O3+3. The van der Waals surface area contributed by atoms with E-state index in [0.717, 1.165) is 123 Å². The number of rotatable bonds is 9. The van der Waals surface area contributed by atoms with Crippen molar-refractivity contribution in [2.75, 3.05) is 0 Å². The fraction of sp³-hybridized carbons (Fsp3) is 0.277. The molecule has 0 bridgehead atoms. The Morgan fingerprint density at radius 3 is 1.15 bits per heavy atom. The number of nitrogens with zero attached hydrogens (tertiary/aromatic N) is 6. The lowest BCUT2D eigenvalue weighted by atomic mass is 9.94. The molecular weight excluding hydrogens is 1130 g/mol. The van der Waals surface area contributed by atoms with Gasteiger partial charge >= 0.3 is 0 Å². The Balaban J connectivity index is 0.000000134. The van der Waals surface area contributed by atoms with Gasteiger partial charge in [-0.1, -0.05) is 90.1 Å². The fourth-order valence-electron chi connectivity index (χ4n) is 13.5. The quantitative estimate of drug-likeness (QED) is 0.134. The van der Waals surface area contributed by atoms with Gasteiger partial charge < -0.3 is 13.3 Å². The topological polar surface area (TPSA) is 89.7 Å². The normalized spacial score (nSPS) is 13.5. The Kier molecular flexibility index (Phi) is 14.0. The molecule has 15 aromatic rings. The van der Waals surface area contributed by atoms with Crippen molar-refractivity contribution in [3.63, 3.8) is 0 Å². The number of aromatic nitrogens is 6. The maximum absolute atomic E-state index is 8.68. The van der Waals surface area contributed by atoms with Gasteiger partial charge in [-0.05, 0) is 203 Å². The molecule has 9 heteroatoms. The van der Waals surface area contributed by atoms with Gasteiger partial charge in [-0.2, -0.15) is 13.7 Å². The first-order valence-electron chi connectivity index (χ1n) is 35.6. The first-order chi connectivity index (χ1) is 46.9. The Morgan fingerprint density at radius 1 is 0.370 bits per heavy atom. The number of pyridine rings is 6. The Morgan fingerprint density at radius 2 is 0.728 bits per heavy atom. The van der Waals surface area contributed by atoms with Crippen LogP contribution in [0.5, 0.6) is 0 Å². The predicted octanol–water partition coefficient (Wildman–Crippen LogP) is 19.9. The van der Waals surface area contributed by atoms with Crippen molar-refractivity contribution in [1.82, 2.24) is 15.0 Å². The second kappa shape index (κ2) is 24.2. The van der Waals surface area contributed by atoms with E-state index in [2.05, 4.69) is 145 Å². The first-order valence-corrected chi connectivity index (χ1v) is 32.1. The Labute approximate surface area is 549 Å². The average molecular weight is 1220 g/mol. The van der Waals surface area contributed by atoms with E-state index in [0.29, 0.717) is 50.7 Å². The zero-order valence-corrected chi connectivity index (χ0v) is 55.8. The molecule has 0 aliphatic heterocycles. The monoisotopic (exact) mass is 1220 g/mol. The van der Waals surface area contributed by atoms with Gasteiger partial charge in [0.2, 0.25) is 50.8 Å². The predicted molar refractivity (Wildman–Crippen MR) is 380 cm³/mol. The minimum absolute atomic E-state index is 0.124. The molecule has 0 aliphatic carbocycles. The zero-order valence-electron chi connectivity index (χ0n) is 62.8. The summed E-state index contributed by atoms with van der Waals surface area (Å²) in [6.45, 7) is 24.0. The van der Waals surface area contributed by atoms with Crippen molar-refractivity contribution in [2.45, 2.75) is 116 Å². The first kappa shape index (κ1) is 53.1. The summed E-state index contributed by atoms with van der Waals surface area (Å²) in [5.74, 6) is 0.304. The van der Waals surface area contributed by atoms with Crippen LogP contribution in [0.15, 0.2) is 165 Å². The third-order valence-corrected chi connectivity index (χ3v) is 18.2. The summed E-state index contributed by atoms with van der Waals surface area (Å²) in [6.07, 6.45) is -1.83. The van der Waals surface area contributed by atoms with E-state index in [4.69, 9.17) is 22.8 Å². The maximum atomic E-state index is 8.68. The molecule has 0 atom stereocenters. The van der Waals surface area contributed by atoms with Crippen LogP contribution in [0.4, 0.5) is 0 Å². The van der Waals surface area contributed by atoms with Gasteiger partial charge in [-0.3, -0.25) is 0 Å². The molecule has 0 unspecified atom stereocenters. The maximum Gasteiger partial charge on any atom is 0.227 e. The highest BCUT2D eigenvalue weighted by Gasteiger charge is 2.28. The summed E-state index contributed by atoms with van der Waals surface area (Å²) < 4.78 is 84.7. The molecule has 9 nitrogen and oxygen atoms in total. The largest absolute Gasteiger partial charge is 0.437 e. The molecule has 462 valence electrons. The van der Waals surface area contributed by atoms with Gasteiger partial charge in [0.25, 0.3) is 0 Å². The highest BCUT2D eigenvalue weighted by atomic mass is 16.3. The Bertz CT molecular complexity index is 5780. The SMILES string of the molecule is Cc1ccc2c(n1)oc1c(-c3ccc4c(CC(C)C)cccc4[n+]3C)c(C)c(C)cc12.[2H]C([2H])([2H])c1cc2c(oc3nc(C)ccc32)c(-c2ccc3c(C([2H])([2H])C(C)C)cccc3[n+]2C)c1C.[2H]C([2H])(c1cccc2c1ccc(-c1c(C)ccc3c1oc1nc(C)ccc13)[n+]2C)C(C)C. The van der Waals surface area contributed by atoms with E-state index < -0.39 is 19.6 Å². The molecule has 9 heterocycles. The number of hydrogen-bond acceptors (Lipinski definition) is 6. The molecule has 0 saturated carbocycles. The van der Waals surface area contributed by atoms with Crippen molar-refractivity contribution >= 4 is 98.9 Å². The summed E-state index contributed by atoms with van der Waals surface area (Å²) in [6, 6.07) is 51.0. The molecule has 92 heavy (non-hydrogen) atoms.